The van der Waals surface area contributed by atoms with E-state index in [4.69, 9.17) is 5.73 Å². The molecular weight excluding hydrogens is 482 g/mol. The van der Waals surface area contributed by atoms with E-state index in [9.17, 15) is 13.6 Å². The van der Waals surface area contributed by atoms with E-state index in [1.165, 1.54) is 11.3 Å². The van der Waals surface area contributed by atoms with Crippen molar-refractivity contribution in [3.63, 3.8) is 0 Å². The highest BCUT2D eigenvalue weighted by atomic mass is 32.1. The summed E-state index contributed by atoms with van der Waals surface area (Å²) in [5, 5.41) is 10.8. The molecule has 1 unspecified atom stereocenters. The maximum Gasteiger partial charge on any atom is 0.257 e. The molecule has 1 amide bonds. The number of hydrogen-bond acceptors (Lipinski definition) is 6. The molecule has 7 nitrogen and oxygen atoms in total. The molecule has 0 aliphatic heterocycles. The number of alkyl halides is 2. The van der Waals surface area contributed by atoms with Gasteiger partial charge in [-0.2, -0.15) is 5.10 Å². The summed E-state index contributed by atoms with van der Waals surface area (Å²) >= 11 is 1.41. The van der Waals surface area contributed by atoms with Gasteiger partial charge in [0.05, 0.1) is 25.0 Å². The number of fused-ring (bicyclic) bond motifs is 1. The van der Waals surface area contributed by atoms with Crippen molar-refractivity contribution >= 4 is 28.1 Å². The molecule has 0 spiro atoms. The van der Waals surface area contributed by atoms with Gasteiger partial charge in [-0.15, -0.1) is 11.3 Å². The lowest BCUT2D eigenvalue weighted by Crippen LogP contribution is -2.37. The summed E-state index contributed by atoms with van der Waals surface area (Å²) in [7, 11) is 0. The van der Waals surface area contributed by atoms with Crippen LogP contribution in [-0.4, -0.2) is 39.7 Å². The third-order valence-corrected chi connectivity index (χ3v) is 7.17. The van der Waals surface area contributed by atoms with Crippen LogP contribution in [0.3, 0.4) is 0 Å². The molecule has 4 aromatic rings. The van der Waals surface area contributed by atoms with Gasteiger partial charge in [-0.05, 0) is 54.7 Å². The van der Waals surface area contributed by atoms with Crippen LogP contribution in [0, 0.1) is 0 Å². The minimum atomic E-state index is -2.36. The summed E-state index contributed by atoms with van der Waals surface area (Å²) in [6.07, 6.45) is 3.51. The number of carbonyl (C=O) groups is 1. The Morgan fingerprint density at radius 1 is 1.19 bits per heavy atom. The predicted octanol–water partition coefficient (Wildman–Crippen LogP) is 4.60. The fourth-order valence-corrected chi connectivity index (χ4v) is 5.38. The molecule has 0 saturated carbocycles. The normalized spacial score (nSPS) is 15.1. The van der Waals surface area contributed by atoms with Crippen LogP contribution in [0.2, 0.25) is 0 Å². The topological polar surface area (TPSA) is 97.9 Å². The van der Waals surface area contributed by atoms with Gasteiger partial charge in [-0.25, -0.2) is 13.8 Å². The fraction of sp³-hybridized carbons (Fsp3) is 0.269. The third-order valence-electron chi connectivity index (χ3n) is 6.13. The van der Waals surface area contributed by atoms with Crippen molar-refractivity contribution in [1.29, 1.82) is 0 Å². The van der Waals surface area contributed by atoms with E-state index in [2.05, 4.69) is 20.7 Å². The van der Waals surface area contributed by atoms with E-state index in [0.717, 1.165) is 33.7 Å². The Kier molecular flexibility index (Phi) is 7.06. The van der Waals surface area contributed by atoms with Crippen molar-refractivity contribution in [2.24, 2.45) is 0 Å². The minimum Gasteiger partial charge on any atom is -0.399 e. The molecule has 10 heteroatoms. The Balaban J connectivity index is 1.22. The average Bonchev–Trinajstić information content (AvgIpc) is 3.49. The number of nitrogens with two attached hydrogens (primary N) is 1. The van der Waals surface area contributed by atoms with Crippen LogP contribution in [-0.2, 0) is 19.4 Å². The summed E-state index contributed by atoms with van der Waals surface area (Å²) in [6, 6.07) is 15.0. The molecule has 1 aliphatic rings. The van der Waals surface area contributed by atoms with Gasteiger partial charge < -0.3 is 11.1 Å². The van der Waals surface area contributed by atoms with Crippen LogP contribution in [0.4, 0.5) is 19.6 Å². The maximum atomic E-state index is 12.9. The fourth-order valence-electron chi connectivity index (χ4n) is 4.30. The first kappa shape index (κ1) is 24.1. The number of amides is 1. The second-order valence-electron chi connectivity index (χ2n) is 8.83. The second kappa shape index (κ2) is 10.5. The zero-order valence-corrected chi connectivity index (χ0v) is 20.3. The average molecular weight is 509 g/mol. The number of thiazole rings is 1. The number of halogens is 2. The van der Waals surface area contributed by atoms with Crippen molar-refractivity contribution in [2.75, 3.05) is 17.6 Å². The summed E-state index contributed by atoms with van der Waals surface area (Å²) < 4.78 is 26.8. The molecule has 186 valence electrons. The lowest BCUT2D eigenvalue weighted by atomic mass is 9.98. The zero-order chi connectivity index (χ0) is 25.1. The molecular formula is C26H26F2N6OS. The SMILES string of the molecule is Nc1ccc(-c2cnn(Cc3cccc(C(=O)Nc4nc5c(s4)CC(NCC(F)F)CC5)c3)c2)cc1. The van der Waals surface area contributed by atoms with E-state index in [1.54, 1.807) is 12.3 Å². The number of nitrogen functional groups attached to an aromatic ring is 1. The van der Waals surface area contributed by atoms with Gasteiger partial charge in [-0.3, -0.25) is 14.8 Å². The molecule has 5 rings (SSSR count). The van der Waals surface area contributed by atoms with Crippen LogP contribution < -0.4 is 16.4 Å². The first-order valence-electron chi connectivity index (χ1n) is 11.7. The molecule has 4 N–H and O–H groups in total. The minimum absolute atomic E-state index is 0.00928. The van der Waals surface area contributed by atoms with E-state index >= 15 is 0 Å². The molecule has 1 aliphatic carbocycles. The molecule has 36 heavy (non-hydrogen) atoms. The lowest BCUT2D eigenvalue weighted by Gasteiger charge is -2.22. The molecule has 2 aromatic carbocycles. The number of anilines is 2. The molecule has 0 saturated heterocycles. The summed E-state index contributed by atoms with van der Waals surface area (Å²) in [6.45, 7) is 0.217. The summed E-state index contributed by atoms with van der Waals surface area (Å²) in [5.74, 6) is -0.238. The van der Waals surface area contributed by atoms with E-state index in [1.807, 2.05) is 53.3 Å². The van der Waals surface area contributed by atoms with Gasteiger partial charge in [0.15, 0.2) is 5.13 Å². The number of nitrogens with one attached hydrogen (secondary N) is 2. The van der Waals surface area contributed by atoms with Gasteiger partial charge >= 0.3 is 0 Å². The Morgan fingerprint density at radius 2 is 2.03 bits per heavy atom. The number of benzene rings is 2. The van der Waals surface area contributed by atoms with Gasteiger partial charge in [0, 0.05) is 33.9 Å². The Morgan fingerprint density at radius 3 is 2.83 bits per heavy atom. The largest absolute Gasteiger partial charge is 0.399 e. The maximum absolute atomic E-state index is 12.9. The highest BCUT2D eigenvalue weighted by Crippen LogP contribution is 2.30. The number of nitrogens with zero attached hydrogens (tertiary/aromatic N) is 3. The first-order chi connectivity index (χ1) is 17.4. The van der Waals surface area contributed by atoms with Gasteiger partial charge in [0.25, 0.3) is 12.3 Å². The van der Waals surface area contributed by atoms with Gasteiger partial charge in [-0.1, -0.05) is 24.3 Å². The highest BCUT2D eigenvalue weighted by Gasteiger charge is 2.23. The van der Waals surface area contributed by atoms with Crippen LogP contribution in [0.5, 0.6) is 0 Å². The summed E-state index contributed by atoms with van der Waals surface area (Å²) in [4.78, 5) is 18.5. The predicted molar refractivity (Wildman–Crippen MR) is 138 cm³/mol. The standard InChI is InChI=1S/C26H26F2N6OS/c27-24(28)13-30-21-8-9-22-23(11-21)36-26(32-22)33-25(35)18-3-1-2-16(10-18)14-34-15-19(12-31-34)17-4-6-20(29)7-5-17/h1-7,10,12,15,21,24,30H,8-9,11,13-14,29H2,(H,32,33,35). The summed E-state index contributed by atoms with van der Waals surface area (Å²) in [5.41, 5.74) is 10.9. The number of aryl methyl sites for hydroxylation is 1. The van der Waals surface area contributed by atoms with Crippen LogP contribution >= 0.6 is 11.3 Å². The third kappa shape index (κ3) is 5.77. The zero-order valence-electron chi connectivity index (χ0n) is 19.5. The molecule has 0 bridgehead atoms. The first-order valence-corrected chi connectivity index (χ1v) is 12.5. The molecule has 1 atom stereocenters. The van der Waals surface area contributed by atoms with Crippen LogP contribution in [0.1, 0.15) is 32.9 Å². The van der Waals surface area contributed by atoms with E-state index < -0.39 is 6.43 Å². The van der Waals surface area contributed by atoms with Crippen molar-refractivity contribution in [3.8, 4) is 11.1 Å². The molecule has 0 radical (unpaired) electrons. The second-order valence-corrected chi connectivity index (χ2v) is 9.91. The number of aromatic nitrogens is 3. The number of rotatable bonds is 8. The van der Waals surface area contributed by atoms with Crippen LogP contribution in [0.15, 0.2) is 60.9 Å². The Bertz CT molecular complexity index is 1350. The molecule has 0 fully saturated rings. The molecule has 2 heterocycles. The number of carbonyl (C=O) groups excluding carboxylic acids is 1. The smallest absolute Gasteiger partial charge is 0.257 e. The Labute approximate surface area is 211 Å². The van der Waals surface area contributed by atoms with Gasteiger partial charge in [0.2, 0.25) is 0 Å². The van der Waals surface area contributed by atoms with Crippen molar-refractivity contribution in [2.45, 2.75) is 38.3 Å². The van der Waals surface area contributed by atoms with Crippen molar-refractivity contribution in [3.05, 3.63) is 82.6 Å². The van der Waals surface area contributed by atoms with E-state index in [0.29, 0.717) is 35.8 Å². The Hall–Kier alpha value is -3.63. The molecule has 2 aromatic heterocycles. The van der Waals surface area contributed by atoms with Gasteiger partial charge in [0.1, 0.15) is 0 Å². The lowest BCUT2D eigenvalue weighted by molar-refractivity contribution is 0.102. The number of hydrogen-bond donors (Lipinski definition) is 3. The quantitative estimate of drug-likeness (QED) is 0.302. The highest BCUT2D eigenvalue weighted by molar-refractivity contribution is 7.15. The van der Waals surface area contributed by atoms with Crippen molar-refractivity contribution < 1.29 is 13.6 Å². The van der Waals surface area contributed by atoms with E-state index in [-0.39, 0.29) is 18.5 Å². The van der Waals surface area contributed by atoms with Crippen molar-refractivity contribution in [1.82, 2.24) is 20.1 Å². The monoisotopic (exact) mass is 508 g/mol. The van der Waals surface area contributed by atoms with Crippen LogP contribution in [0.25, 0.3) is 11.1 Å².